The van der Waals surface area contributed by atoms with Crippen LogP contribution < -0.4 is 10.9 Å². The Balaban J connectivity index is 1.89. The lowest BCUT2D eigenvalue weighted by Crippen LogP contribution is -2.14. The van der Waals surface area contributed by atoms with E-state index in [9.17, 15) is 4.79 Å². The molecule has 2 aromatic carbocycles. The van der Waals surface area contributed by atoms with Gasteiger partial charge >= 0.3 is 0 Å². The summed E-state index contributed by atoms with van der Waals surface area (Å²) in [5.74, 6) is 0.575. The van der Waals surface area contributed by atoms with Crippen LogP contribution in [0.4, 0.5) is 5.69 Å². The highest BCUT2D eigenvalue weighted by atomic mass is 79.9. The molecule has 0 saturated carbocycles. The van der Waals surface area contributed by atoms with E-state index in [1.54, 1.807) is 12.1 Å². The van der Waals surface area contributed by atoms with E-state index in [0.29, 0.717) is 28.3 Å². The number of benzene rings is 2. The minimum Gasteiger partial charge on any atom is -0.377 e. The summed E-state index contributed by atoms with van der Waals surface area (Å²) in [6.45, 7) is 0.402. The first kappa shape index (κ1) is 14.1. The Labute approximate surface area is 134 Å². The van der Waals surface area contributed by atoms with Crippen molar-refractivity contribution in [1.29, 1.82) is 0 Å². The fraction of sp³-hybridized carbons (Fsp3) is 0.0667. The summed E-state index contributed by atoms with van der Waals surface area (Å²) < 4.78 is 0.787. The van der Waals surface area contributed by atoms with Gasteiger partial charge in [0, 0.05) is 0 Å². The molecular formula is C15H11BrClN3O. The smallest absolute Gasteiger partial charge is 0.258 e. The minimum atomic E-state index is -0.137. The van der Waals surface area contributed by atoms with Gasteiger partial charge in [0.25, 0.3) is 5.56 Å². The van der Waals surface area contributed by atoms with Crippen molar-refractivity contribution in [3.8, 4) is 0 Å². The lowest BCUT2D eigenvalue weighted by Gasteiger charge is -2.09. The van der Waals surface area contributed by atoms with Crippen LogP contribution in [0.5, 0.6) is 0 Å². The van der Waals surface area contributed by atoms with Crippen molar-refractivity contribution in [3.63, 3.8) is 0 Å². The van der Waals surface area contributed by atoms with Crippen molar-refractivity contribution < 1.29 is 0 Å². The van der Waals surface area contributed by atoms with E-state index in [1.807, 2.05) is 30.3 Å². The van der Waals surface area contributed by atoms with Gasteiger partial charge in [0.2, 0.25) is 0 Å². The molecule has 6 heteroatoms. The first-order chi connectivity index (χ1) is 10.1. The fourth-order valence-corrected chi connectivity index (χ4v) is 2.62. The second kappa shape index (κ2) is 5.87. The molecule has 2 N–H and O–H groups in total. The summed E-state index contributed by atoms with van der Waals surface area (Å²) in [5.41, 5.74) is 1.39. The third-order valence-electron chi connectivity index (χ3n) is 3.06. The number of hydrogen-bond donors (Lipinski definition) is 2. The summed E-state index contributed by atoms with van der Waals surface area (Å²) in [4.78, 5) is 19.2. The molecule has 0 fully saturated rings. The summed E-state index contributed by atoms with van der Waals surface area (Å²) in [6.07, 6.45) is 0. The molecule has 106 valence electrons. The molecule has 21 heavy (non-hydrogen) atoms. The zero-order valence-corrected chi connectivity index (χ0v) is 13.2. The van der Waals surface area contributed by atoms with Gasteiger partial charge in [0.15, 0.2) is 0 Å². The molecule has 4 nitrogen and oxygen atoms in total. The maximum absolute atomic E-state index is 12.0. The number of hydrogen-bond acceptors (Lipinski definition) is 3. The average molecular weight is 365 g/mol. The van der Waals surface area contributed by atoms with Crippen LogP contribution in [0.3, 0.4) is 0 Å². The normalized spacial score (nSPS) is 10.8. The van der Waals surface area contributed by atoms with Gasteiger partial charge in [-0.15, -0.1) is 0 Å². The van der Waals surface area contributed by atoms with Crippen LogP contribution in [0.25, 0.3) is 10.9 Å². The number of fused-ring (bicyclic) bond motifs is 1. The summed E-state index contributed by atoms with van der Waals surface area (Å²) in [7, 11) is 0. The quantitative estimate of drug-likeness (QED) is 0.740. The van der Waals surface area contributed by atoms with Gasteiger partial charge in [-0.05, 0) is 40.2 Å². The van der Waals surface area contributed by atoms with Crippen molar-refractivity contribution in [1.82, 2.24) is 9.97 Å². The zero-order valence-electron chi connectivity index (χ0n) is 10.9. The first-order valence-corrected chi connectivity index (χ1v) is 7.48. The summed E-state index contributed by atoms with van der Waals surface area (Å²) in [6, 6.07) is 12.8. The van der Waals surface area contributed by atoms with E-state index in [4.69, 9.17) is 11.6 Å². The molecule has 0 aliphatic carbocycles. The SMILES string of the molecule is O=c1[nH]c(CNc2cccc(Cl)c2Br)nc2ccccc12. The molecular weight excluding hydrogens is 354 g/mol. The maximum atomic E-state index is 12.0. The molecule has 0 amide bonds. The Morgan fingerprint density at radius 2 is 2.00 bits per heavy atom. The van der Waals surface area contributed by atoms with Crippen LogP contribution in [0.15, 0.2) is 51.7 Å². The van der Waals surface area contributed by atoms with Gasteiger partial charge in [0.1, 0.15) is 5.82 Å². The molecule has 0 aliphatic heterocycles. The van der Waals surface area contributed by atoms with Gasteiger partial charge in [-0.2, -0.15) is 0 Å². The molecule has 3 aromatic rings. The Kier molecular flexibility index (Phi) is 3.94. The van der Waals surface area contributed by atoms with E-state index in [0.717, 1.165) is 10.2 Å². The fourth-order valence-electron chi connectivity index (χ4n) is 2.04. The summed E-state index contributed by atoms with van der Waals surface area (Å²) >= 11 is 9.46. The molecule has 1 aromatic heterocycles. The van der Waals surface area contributed by atoms with Crippen LogP contribution in [0.2, 0.25) is 5.02 Å². The van der Waals surface area contributed by atoms with Gasteiger partial charge in [-0.25, -0.2) is 4.98 Å². The predicted molar refractivity (Wildman–Crippen MR) is 88.8 cm³/mol. The van der Waals surface area contributed by atoms with E-state index in [1.165, 1.54) is 0 Å². The van der Waals surface area contributed by atoms with Crippen molar-refractivity contribution in [2.45, 2.75) is 6.54 Å². The highest BCUT2D eigenvalue weighted by molar-refractivity contribution is 9.10. The monoisotopic (exact) mass is 363 g/mol. The highest BCUT2D eigenvalue weighted by Crippen LogP contribution is 2.30. The number of halogens is 2. The molecule has 0 saturated heterocycles. The number of para-hydroxylation sites is 1. The number of anilines is 1. The van der Waals surface area contributed by atoms with E-state index >= 15 is 0 Å². The maximum Gasteiger partial charge on any atom is 0.258 e. The minimum absolute atomic E-state index is 0.137. The van der Waals surface area contributed by atoms with Gasteiger partial charge < -0.3 is 10.3 Å². The Bertz CT molecular complexity index is 863. The first-order valence-electron chi connectivity index (χ1n) is 6.31. The predicted octanol–water partition coefficient (Wildman–Crippen LogP) is 3.95. The number of rotatable bonds is 3. The Morgan fingerprint density at radius 1 is 1.19 bits per heavy atom. The molecule has 0 spiro atoms. The lowest BCUT2D eigenvalue weighted by atomic mass is 10.2. The summed E-state index contributed by atoms with van der Waals surface area (Å²) in [5, 5.41) is 4.41. The van der Waals surface area contributed by atoms with E-state index in [-0.39, 0.29) is 5.56 Å². The molecule has 0 bridgehead atoms. The van der Waals surface area contributed by atoms with Gasteiger partial charge in [-0.1, -0.05) is 29.8 Å². The van der Waals surface area contributed by atoms with Crippen LogP contribution in [0, 0.1) is 0 Å². The second-order valence-electron chi connectivity index (χ2n) is 4.48. The van der Waals surface area contributed by atoms with Crippen molar-refractivity contribution in [2.24, 2.45) is 0 Å². The topological polar surface area (TPSA) is 57.8 Å². The van der Waals surface area contributed by atoms with Crippen LogP contribution in [-0.2, 0) is 6.54 Å². The van der Waals surface area contributed by atoms with Crippen LogP contribution in [0.1, 0.15) is 5.82 Å². The molecule has 3 rings (SSSR count). The molecule has 0 unspecified atom stereocenters. The van der Waals surface area contributed by atoms with Crippen molar-refractivity contribution in [3.05, 3.63) is 68.1 Å². The number of nitrogens with zero attached hydrogens (tertiary/aromatic N) is 1. The van der Waals surface area contributed by atoms with E-state index < -0.39 is 0 Å². The largest absolute Gasteiger partial charge is 0.377 e. The zero-order chi connectivity index (χ0) is 14.8. The van der Waals surface area contributed by atoms with Gasteiger partial charge in [-0.3, -0.25) is 4.79 Å². The number of nitrogens with one attached hydrogen (secondary N) is 2. The van der Waals surface area contributed by atoms with Crippen LogP contribution >= 0.6 is 27.5 Å². The third-order valence-corrected chi connectivity index (χ3v) is 4.46. The standard InChI is InChI=1S/C15H11BrClN3O/c16-14-10(17)5-3-7-12(14)18-8-13-19-11-6-2-1-4-9(11)15(21)20-13/h1-7,18H,8H2,(H,19,20,21). The van der Waals surface area contributed by atoms with E-state index in [2.05, 4.69) is 31.2 Å². The number of aromatic nitrogens is 2. The molecule has 1 heterocycles. The Hall–Kier alpha value is -1.85. The average Bonchev–Trinajstić information content (AvgIpc) is 2.49. The van der Waals surface area contributed by atoms with Crippen molar-refractivity contribution in [2.75, 3.05) is 5.32 Å². The second-order valence-corrected chi connectivity index (χ2v) is 5.68. The number of aromatic amines is 1. The molecule has 0 radical (unpaired) electrons. The Morgan fingerprint density at radius 3 is 2.86 bits per heavy atom. The van der Waals surface area contributed by atoms with Crippen molar-refractivity contribution >= 4 is 44.1 Å². The third kappa shape index (κ3) is 2.94. The molecule has 0 aliphatic rings. The number of H-pyrrole nitrogens is 1. The van der Waals surface area contributed by atoms with Gasteiger partial charge in [0.05, 0.1) is 32.6 Å². The molecule has 0 atom stereocenters. The van der Waals surface area contributed by atoms with Crippen LogP contribution in [-0.4, -0.2) is 9.97 Å². The highest BCUT2D eigenvalue weighted by Gasteiger charge is 2.06. The lowest BCUT2D eigenvalue weighted by molar-refractivity contribution is 0.952.